The lowest BCUT2D eigenvalue weighted by Gasteiger charge is -2.19. The summed E-state index contributed by atoms with van der Waals surface area (Å²) in [5, 5.41) is 0. The van der Waals surface area contributed by atoms with E-state index in [4.69, 9.17) is 5.73 Å². The predicted octanol–water partition coefficient (Wildman–Crippen LogP) is 1.52. The first-order chi connectivity index (χ1) is 9.62. The maximum absolute atomic E-state index is 12.5. The van der Waals surface area contributed by atoms with Crippen molar-refractivity contribution in [3.05, 3.63) is 18.2 Å². The molecule has 0 amide bonds. The Morgan fingerprint density at radius 2 is 2.14 bits per heavy atom. The van der Waals surface area contributed by atoms with Gasteiger partial charge in [0.25, 0.3) is 0 Å². The van der Waals surface area contributed by atoms with Gasteiger partial charge in [0.2, 0.25) is 10.0 Å². The first kappa shape index (κ1) is 16.6. The van der Waals surface area contributed by atoms with E-state index in [0.717, 1.165) is 31.0 Å². The summed E-state index contributed by atoms with van der Waals surface area (Å²) in [6.45, 7) is 0.510. The van der Waals surface area contributed by atoms with Crippen molar-refractivity contribution >= 4 is 45.2 Å². The number of halogens is 1. The van der Waals surface area contributed by atoms with Crippen molar-refractivity contribution in [2.24, 2.45) is 11.7 Å². The van der Waals surface area contributed by atoms with Crippen molar-refractivity contribution in [1.29, 1.82) is 0 Å². The molecule has 1 aliphatic rings. The summed E-state index contributed by atoms with van der Waals surface area (Å²) in [5.74, 6) is 0.220. The van der Waals surface area contributed by atoms with Crippen LogP contribution < -0.4 is 10.5 Å². The molecule has 2 atom stereocenters. The molecule has 1 heterocycles. The minimum absolute atomic E-state index is 0. The van der Waals surface area contributed by atoms with Gasteiger partial charge in [0.1, 0.15) is 15.9 Å². The van der Waals surface area contributed by atoms with E-state index in [1.54, 1.807) is 18.2 Å². The van der Waals surface area contributed by atoms with E-state index in [1.807, 2.05) is 0 Å². The number of hydrogen-bond acceptors (Lipinski definition) is 6. The zero-order chi connectivity index (χ0) is 14.2. The molecule has 2 aromatic rings. The Labute approximate surface area is 133 Å². The SMILES string of the molecule is Cl.NCC1CCCC1NS(=O)(=O)c1cccc2nsnc12. The van der Waals surface area contributed by atoms with Crippen LogP contribution >= 0.6 is 24.1 Å². The van der Waals surface area contributed by atoms with Crippen LogP contribution in [0.1, 0.15) is 19.3 Å². The molecule has 3 rings (SSSR count). The molecule has 0 saturated heterocycles. The molecule has 1 aromatic carbocycles. The van der Waals surface area contributed by atoms with Gasteiger partial charge >= 0.3 is 0 Å². The standard InChI is InChI=1S/C12H16N4O2S2.ClH/c13-7-8-3-1-4-9(8)16-20(17,18)11-6-2-5-10-12(11)15-19-14-10;/h2,5-6,8-9,16H,1,3-4,7,13H2;1H. The molecule has 116 valence electrons. The minimum atomic E-state index is -3.58. The molecule has 0 aliphatic heterocycles. The molecular formula is C12H17ClN4O2S2. The Bertz CT molecular complexity index is 719. The largest absolute Gasteiger partial charge is 0.330 e. The fourth-order valence-corrected chi connectivity index (χ4v) is 4.84. The molecule has 0 bridgehead atoms. The topological polar surface area (TPSA) is 98.0 Å². The van der Waals surface area contributed by atoms with Crippen LogP contribution in [0.15, 0.2) is 23.1 Å². The van der Waals surface area contributed by atoms with Crippen LogP contribution in [0.25, 0.3) is 11.0 Å². The second kappa shape index (κ2) is 6.53. The summed E-state index contributed by atoms with van der Waals surface area (Å²) in [6, 6.07) is 4.94. The van der Waals surface area contributed by atoms with Crippen LogP contribution in [0.5, 0.6) is 0 Å². The summed E-state index contributed by atoms with van der Waals surface area (Å²) in [7, 11) is -3.58. The Hall–Kier alpha value is -0.800. The number of hydrogen-bond donors (Lipinski definition) is 2. The number of benzene rings is 1. The van der Waals surface area contributed by atoms with Crippen molar-refractivity contribution in [2.75, 3.05) is 6.54 Å². The predicted molar refractivity (Wildman–Crippen MR) is 85.2 cm³/mol. The Morgan fingerprint density at radius 3 is 2.90 bits per heavy atom. The van der Waals surface area contributed by atoms with Gasteiger partial charge in [0.05, 0.1) is 11.7 Å². The maximum atomic E-state index is 12.5. The first-order valence-electron chi connectivity index (χ1n) is 6.55. The average Bonchev–Trinajstić information content (AvgIpc) is 3.05. The number of nitrogens with one attached hydrogen (secondary N) is 1. The quantitative estimate of drug-likeness (QED) is 0.872. The molecule has 6 nitrogen and oxygen atoms in total. The van der Waals surface area contributed by atoms with Crippen molar-refractivity contribution in [3.63, 3.8) is 0 Å². The van der Waals surface area contributed by atoms with Crippen LogP contribution in [-0.4, -0.2) is 29.8 Å². The first-order valence-corrected chi connectivity index (χ1v) is 8.77. The van der Waals surface area contributed by atoms with Gasteiger partial charge in [-0.05, 0) is 37.4 Å². The summed E-state index contributed by atoms with van der Waals surface area (Å²) < 4.78 is 36.0. The zero-order valence-electron chi connectivity index (χ0n) is 11.2. The van der Waals surface area contributed by atoms with E-state index in [-0.39, 0.29) is 29.3 Å². The van der Waals surface area contributed by atoms with E-state index in [0.29, 0.717) is 17.6 Å². The van der Waals surface area contributed by atoms with Crippen molar-refractivity contribution in [3.8, 4) is 0 Å². The Morgan fingerprint density at radius 1 is 1.33 bits per heavy atom. The number of aromatic nitrogens is 2. The van der Waals surface area contributed by atoms with Gasteiger partial charge in [-0.15, -0.1) is 12.4 Å². The van der Waals surface area contributed by atoms with Crippen molar-refractivity contribution in [2.45, 2.75) is 30.2 Å². The Kier molecular flexibility index (Phi) is 5.15. The highest BCUT2D eigenvalue weighted by Gasteiger charge is 2.31. The lowest BCUT2D eigenvalue weighted by Crippen LogP contribution is -2.39. The van der Waals surface area contributed by atoms with Gasteiger partial charge in [-0.2, -0.15) is 8.75 Å². The molecule has 1 saturated carbocycles. The van der Waals surface area contributed by atoms with Gasteiger partial charge in [0.15, 0.2) is 0 Å². The lowest BCUT2D eigenvalue weighted by molar-refractivity contribution is 0.453. The maximum Gasteiger partial charge on any atom is 0.243 e. The summed E-state index contributed by atoms with van der Waals surface area (Å²) in [6.07, 6.45) is 2.83. The number of fused-ring (bicyclic) bond motifs is 1. The van der Waals surface area contributed by atoms with Gasteiger partial charge in [-0.25, -0.2) is 13.1 Å². The number of sulfonamides is 1. The summed E-state index contributed by atoms with van der Waals surface area (Å²) in [5.41, 5.74) is 6.75. The molecule has 9 heteroatoms. The average molecular weight is 349 g/mol. The number of nitrogens with two attached hydrogens (primary N) is 1. The second-order valence-electron chi connectivity index (χ2n) is 5.04. The Balaban J connectivity index is 0.00000161. The molecule has 3 N–H and O–H groups in total. The molecule has 0 spiro atoms. The molecule has 1 fully saturated rings. The van der Waals surface area contributed by atoms with Gasteiger partial charge in [-0.1, -0.05) is 12.5 Å². The van der Waals surface area contributed by atoms with Gasteiger partial charge in [-0.3, -0.25) is 0 Å². The highest BCUT2D eigenvalue weighted by Crippen LogP contribution is 2.27. The van der Waals surface area contributed by atoms with E-state index in [2.05, 4.69) is 13.5 Å². The third-order valence-corrected chi connectivity index (χ3v) is 5.87. The lowest BCUT2D eigenvalue weighted by atomic mass is 10.1. The molecule has 1 aliphatic carbocycles. The summed E-state index contributed by atoms with van der Waals surface area (Å²) in [4.78, 5) is 0.200. The van der Waals surface area contributed by atoms with Crippen molar-refractivity contribution in [1.82, 2.24) is 13.5 Å². The monoisotopic (exact) mass is 348 g/mol. The highest BCUT2D eigenvalue weighted by molar-refractivity contribution is 7.89. The van der Waals surface area contributed by atoms with Crippen LogP contribution in [0.4, 0.5) is 0 Å². The van der Waals surface area contributed by atoms with Crippen LogP contribution in [-0.2, 0) is 10.0 Å². The third-order valence-electron chi connectivity index (χ3n) is 3.81. The molecule has 2 unspecified atom stereocenters. The van der Waals surface area contributed by atoms with Crippen LogP contribution in [0.2, 0.25) is 0 Å². The van der Waals surface area contributed by atoms with E-state index in [1.165, 1.54) is 0 Å². The summed E-state index contributed by atoms with van der Waals surface area (Å²) >= 11 is 1.02. The van der Waals surface area contributed by atoms with Crippen LogP contribution in [0, 0.1) is 5.92 Å². The van der Waals surface area contributed by atoms with Gasteiger partial charge in [0, 0.05) is 6.04 Å². The fourth-order valence-electron chi connectivity index (χ4n) is 2.74. The second-order valence-corrected chi connectivity index (χ2v) is 7.25. The molecular weight excluding hydrogens is 332 g/mol. The minimum Gasteiger partial charge on any atom is -0.330 e. The highest BCUT2D eigenvalue weighted by atomic mass is 35.5. The molecule has 0 radical (unpaired) electrons. The smallest absolute Gasteiger partial charge is 0.243 e. The third kappa shape index (κ3) is 3.19. The van der Waals surface area contributed by atoms with E-state index < -0.39 is 10.0 Å². The number of nitrogens with zero attached hydrogens (tertiary/aromatic N) is 2. The van der Waals surface area contributed by atoms with Crippen molar-refractivity contribution < 1.29 is 8.42 Å². The van der Waals surface area contributed by atoms with Crippen LogP contribution in [0.3, 0.4) is 0 Å². The zero-order valence-corrected chi connectivity index (χ0v) is 13.7. The molecule has 21 heavy (non-hydrogen) atoms. The molecule has 1 aromatic heterocycles. The van der Waals surface area contributed by atoms with E-state index in [9.17, 15) is 8.42 Å². The van der Waals surface area contributed by atoms with E-state index >= 15 is 0 Å². The normalized spacial score (nSPS) is 22.3. The fraction of sp³-hybridized carbons (Fsp3) is 0.500. The van der Waals surface area contributed by atoms with Gasteiger partial charge < -0.3 is 5.73 Å². The number of rotatable bonds is 4.